The highest BCUT2D eigenvalue weighted by molar-refractivity contribution is 5.90. The van der Waals surface area contributed by atoms with E-state index in [4.69, 9.17) is 24.7 Å². The number of rotatable bonds is 8. The molecule has 5 rings (SSSR count). The van der Waals surface area contributed by atoms with Crippen molar-refractivity contribution in [1.29, 1.82) is 0 Å². The number of cyclic esters (lactones) is 1. The summed E-state index contributed by atoms with van der Waals surface area (Å²) in [5, 5.41) is 3.33. The lowest BCUT2D eigenvalue weighted by molar-refractivity contribution is 0.140. The Hall–Kier alpha value is -3.63. The number of nitrogens with two attached hydrogens (primary N) is 1. The zero-order valence-electron chi connectivity index (χ0n) is 18.9. The van der Waals surface area contributed by atoms with E-state index in [9.17, 15) is 4.79 Å². The lowest BCUT2D eigenvalue weighted by atomic mass is 10.1. The normalized spacial score (nSPS) is 18.1. The van der Waals surface area contributed by atoms with Gasteiger partial charge in [0.1, 0.15) is 19.3 Å². The van der Waals surface area contributed by atoms with Gasteiger partial charge in [0, 0.05) is 37.5 Å². The largest absolute Gasteiger partial charge is 0.486 e. The van der Waals surface area contributed by atoms with Gasteiger partial charge < -0.3 is 30.0 Å². The average molecular weight is 466 g/mol. The van der Waals surface area contributed by atoms with Crippen LogP contribution in [0.2, 0.25) is 0 Å². The predicted octanol–water partition coefficient (Wildman–Crippen LogP) is 1.89. The molecule has 10 heteroatoms. The summed E-state index contributed by atoms with van der Waals surface area (Å²) < 4.78 is 21.9. The Bertz CT molecular complexity index is 1190. The smallest absolute Gasteiger partial charge is 0.414 e. The fourth-order valence-electron chi connectivity index (χ4n) is 4.16. The molecule has 3 N–H and O–H groups in total. The van der Waals surface area contributed by atoms with Gasteiger partial charge in [0.15, 0.2) is 11.5 Å². The number of pyridine rings is 2. The summed E-state index contributed by atoms with van der Waals surface area (Å²) in [6, 6.07) is 10.9. The number of amides is 1. The number of methoxy groups -OCH3 is 1. The van der Waals surface area contributed by atoms with E-state index in [1.807, 2.05) is 30.3 Å². The molecular weight excluding hydrogens is 438 g/mol. The van der Waals surface area contributed by atoms with E-state index < -0.39 is 0 Å². The first-order valence-corrected chi connectivity index (χ1v) is 11.2. The van der Waals surface area contributed by atoms with Crippen molar-refractivity contribution in [2.45, 2.75) is 18.6 Å². The number of hydrogen-bond acceptors (Lipinski definition) is 9. The number of hydrogen-bond donors (Lipinski definition) is 2. The minimum absolute atomic E-state index is 0.149. The van der Waals surface area contributed by atoms with Crippen LogP contribution in [0, 0.1) is 0 Å². The summed E-state index contributed by atoms with van der Waals surface area (Å²) in [5.41, 5.74) is 9.70. The molecule has 3 aromatic rings. The minimum atomic E-state index is -0.379. The lowest BCUT2D eigenvalue weighted by Gasteiger charge is -2.21. The van der Waals surface area contributed by atoms with Gasteiger partial charge in [0.2, 0.25) is 5.88 Å². The molecule has 1 unspecified atom stereocenters. The van der Waals surface area contributed by atoms with Crippen molar-refractivity contribution in [1.82, 2.24) is 15.3 Å². The maximum absolute atomic E-state index is 12.4. The maximum Gasteiger partial charge on any atom is 0.414 e. The molecule has 0 saturated carbocycles. The zero-order chi connectivity index (χ0) is 23.5. The van der Waals surface area contributed by atoms with Gasteiger partial charge in [0.05, 0.1) is 30.4 Å². The number of carbonyl (C=O) groups excluding carboxylic acids is 1. The van der Waals surface area contributed by atoms with Gasteiger partial charge >= 0.3 is 6.09 Å². The van der Waals surface area contributed by atoms with Crippen molar-refractivity contribution in [2.24, 2.45) is 5.73 Å². The summed E-state index contributed by atoms with van der Waals surface area (Å²) in [6.45, 7) is 2.53. The Kier molecular flexibility index (Phi) is 6.33. The highest BCUT2D eigenvalue weighted by Crippen LogP contribution is 2.35. The van der Waals surface area contributed by atoms with Gasteiger partial charge in [0.25, 0.3) is 0 Å². The number of anilines is 1. The minimum Gasteiger partial charge on any atom is -0.486 e. The van der Waals surface area contributed by atoms with E-state index in [1.165, 1.54) is 0 Å². The fourth-order valence-corrected chi connectivity index (χ4v) is 4.16. The van der Waals surface area contributed by atoms with Crippen molar-refractivity contribution in [3.63, 3.8) is 0 Å². The van der Waals surface area contributed by atoms with Crippen LogP contribution in [-0.2, 0) is 11.2 Å². The van der Waals surface area contributed by atoms with Crippen LogP contribution in [0.1, 0.15) is 5.56 Å². The van der Waals surface area contributed by atoms with Gasteiger partial charge in [-0.05, 0) is 36.2 Å². The average Bonchev–Trinajstić information content (AvgIpc) is 3.23. The molecule has 0 spiro atoms. The van der Waals surface area contributed by atoms with Crippen LogP contribution >= 0.6 is 0 Å². The second kappa shape index (κ2) is 9.70. The number of ether oxygens (including phenoxy) is 4. The molecule has 0 bridgehead atoms. The molecule has 34 heavy (non-hydrogen) atoms. The lowest BCUT2D eigenvalue weighted by Crippen LogP contribution is -2.40. The van der Waals surface area contributed by atoms with E-state index in [2.05, 4.69) is 15.3 Å². The first-order valence-electron chi connectivity index (χ1n) is 11.2. The van der Waals surface area contributed by atoms with Gasteiger partial charge in [-0.3, -0.25) is 9.88 Å². The molecule has 2 aliphatic rings. The topological polar surface area (TPSA) is 121 Å². The van der Waals surface area contributed by atoms with Crippen molar-refractivity contribution in [3.8, 4) is 17.4 Å². The van der Waals surface area contributed by atoms with E-state index in [-0.39, 0.29) is 18.2 Å². The number of aromatic nitrogens is 2. The van der Waals surface area contributed by atoms with Crippen LogP contribution in [0.15, 0.2) is 42.6 Å². The van der Waals surface area contributed by atoms with E-state index in [0.717, 1.165) is 22.3 Å². The molecule has 2 atom stereocenters. The molecule has 0 aliphatic carbocycles. The van der Waals surface area contributed by atoms with E-state index in [1.54, 1.807) is 24.3 Å². The second-order valence-corrected chi connectivity index (χ2v) is 8.26. The van der Waals surface area contributed by atoms with Gasteiger partial charge in [-0.15, -0.1) is 0 Å². The summed E-state index contributed by atoms with van der Waals surface area (Å²) in [7, 11) is 1.59. The SMILES string of the molecule is COc1ccc2nccc(CC(N)CNC[C@@H]3CN(c4ccc5c(c4)OCCO5)C(=O)O3)c2n1. The van der Waals surface area contributed by atoms with Crippen LogP contribution in [0.3, 0.4) is 0 Å². The number of carbonyl (C=O) groups is 1. The first kappa shape index (κ1) is 22.2. The van der Waals surface area contributed by atoms with E-state index >= 15 is 0 Å². The quantitative estimate of drug-likeness (QED) is 0.514. The van der Waals surface area contributed by atoms with Crippen molar-refractivity contribution in [3.05, 3.63) is 48.2 Å². The summed E-state index contributed by atoms with van der Waals surface area (Å²) >= 11 is 0. The van der Waals surface area contributed by atoms with Crippen molar-refractivity contribution >= 4 is 22.8 Å². The third kappa shape index (κ3) is 4.68. The maximum atomic E-state index is 12.4. The number of nitrogens with zero attached hydrogens (tertiary/aromatic N) is 3. The molecule has 1 fully saturated rings. The highest BCUT2D eigenvalue weighted by Gasteiger charge is 2.32. The molecule has 10 nitrogen and oxygen atoms in total. The number of benzene rings is 1. The third-order valence-corrected chi connectivity index (χ3v) is 5.82. The molecular formula is C24H27N5O5. The van der Waals surface area contributed by atoms with E-state index in [0.29, 0.717) is 56.6 Å². The van der Waals surface area contributed by atoms with Crippen LogP contribution in [0.4, 0.5) is 10.5 Å². The summed E-state index contributed by atoms with van der Waals surface area (Å²) in [5.74, 6) is 1.87. The van der Waals surface area contributed by atoms with Gasteiger partial charge in [-0.2, -0.15) is 0 Å². The zero-order valence-corrected chi connectivity index (χ0v) is 18.9. The Labute approximate surface area is 197 Å². The predicted molar refractivity (Wildman–Crippen MR) is 126 cm³/mol. The van der Waals surface area contributed by atoms with Crippen LogP contribution in [0.5, 0.6) is 17.4 Å². The highest BCUT2D eigenvalue weighted by atomic mass is 16.6. The van der Waals surface area contributed by atoms with Gasteiger partial charge in [-0.1, -0.05) is 0 Å². The molecule has 4 heterocycles. The van der Waals surface area contributed by atoms with Crippen LogP contribution in [0.25, 0.3) is 11.0 Å². The second-order valence-electron chi connectivity index (χ2n) is 8.26. The Balaban J connectivity index is 1.15. The molecule has 2 aromatic heterocycles. The Morgan fingerprint density at radius 1 is 1.21 bits per heavy atom. The van der Waals surface area contributed by atoms with Gasteiger partial charge in [-0.25, -0.2) is 9.78 Å². The van der Waals surface area contributed by atoms with Crippen molar-refractivity contribution < 1.29 is 23.7 Å². The summed E-state index contributed by atoms with van der Waals surface area (Å²) in [6.07, 6.45) is 1.73. The van der Waals surface area contributed by atoms with Crippen molar-refractivity contribution in [2.75, 3.05) is 44.9 Å². The Morgan fingerprint density at radius 2 is 2.06 bits per heavy atom. The standard InChI is InChI=1S/C24H27N5O5/c1-31-22-5-3-19-23(28-22)15(6-7-27-19)10-16(25)12-26-13-18-14-29(24(30)34-18)17-2-4-20-21(11-17)33-9-8-32-20/h2-7,11,16,18,26H,8-10,12-14,25H2,1H3/t16?,18-/m1/s1. The molecule has 1 aromatic carbocycles. The molecule has 0 radical (unpaired) electrons. The fraction of sp³-hybridized carbons (Fsp3) is 0.375. The molecule has 178 valence electrons. The Morgan fingerprint density at radius 3 is 2.91 bits per heavy atom. The first-order chi connectivity index (χ1) is 16.6. The number of nitrogens with one attached hydrogen (secondary N) is 1. The summed E-state index contributed by atoms with van der Waals surface area (Å²) in [4.78, 5) is 22.9. The molecule has 2 aliphatic heterocycles. The monoisotopic (exact) mass is 465 g/mol. The molecule has 1 amide bonds. The third-order valence-electron chi connectivity index (χ3n) is 5.82. The van der Waals surface area contributed by atoms with Crippen LogP contribution < -0.4 is 30.2 Å². The van der Waals surface area contributed by atoms with Crippen LogP contribution in [-0.4, -0.2) is 68.2 Å². The number of fused-ring (bicyclic) bond motifs is 2. The molecule has 1 saturated heterocycles.